The molecule has 0 aromatic rings. The second kappa shape index (κ2) is 8.78. The molecule has 2 fully saturated rings. The Bertz CT molecular complexity index is 434. The van der Waals surface area contributed by atoms with Gasteiger partial charge in [0, 0.05) is 45.4 Å². The molecule has 0 radical (unpaired) electrons. The van der Waals surface area contributed by atoms with E-state index in [0.717, 1.165) is 38.8 Å². The Kier molecular flexibility index (Phi) is 7.01. The summed E-state index contributed by atoms with van der Waals surface area (Å²) in [5, 5.41) is 2.82. The molecule has 2 atom stereocenters. The van der Waals surface area contributed by atoms with E-state index in [0.29, 0.717) is 32.8 Å². The summed E-state index contributed by atoms with van der Waals surface area (Å²) in [6, 6.07) is 0. The van der Waals surface area contributed by atoms with Crippen LogP contribution in [0.25, 0.3) is 0 Å². The van der Waals surface area contributed by atoms with Crippen LogP contribution in [0.15, 0.2) is 0 Å². The minimum Gasteiger partial charge on any atom is -0.383 e. The number of nitrogens with zero attached hydrogens (tertiary/aromatic N) is 2. The second-order valence-electron chi connectivity index (χ2n) is 7.25. The lowest BCUT2D eigenvalue weighted by Crippen LogP contribution is -2.57. The Morgan fingerprint density at radius 1 is 1.25 bits per heavy atom. The van der Waals surface area contributed by atoms with Crippen LogP contribution >= 0.6 is 0 Å². The van der Waals surface area contributed by atoms with Gasteiger partial charge in [0.15, 0.2) is 0 Å². The van der Waals surface area contributed by atoms with Gasteiger partial charge in [-0.2, -0.15) is 0 Å². The maximum absolute atomic E-state index is 12.8. The quantitative estimate of drug-likeness (QED) is 0.654. The molecule has 0 spiro atoms. The molecule has 0 bridgehead atoms. The van der Waals surface area contributed by atoms with Crippen LogP contribution in [-0.2, 0) is 14.3 Å². The molecule has 24 heavy (non-hydrogen) atoms. The molecule has 3 N–H and O–H groups in total. The van der Waals surface area contributed by atoms with Crippen molar-refractivity contribution in [2.45, 2.75) is 38.1 Å². The Morgan fingerprint density at radius 3 is 2.58 bits per heavy atom. The average molecular weight is 340 g/mol. The van der Waals surface area contributed by atoms with Gasteiger partial charge >= 0.3 is 0 Å². The number of carbonyl (C=O) groups excluding carboxylic acids is 2. The van der Waals surface area contributed by atoms with E-state index in [2.05, 4.69) is 10.2 Å². The monoisotopic (exact) mass is 340 g/mol. The third-order valence-corrected chi connectivity index (χ3v) is 5.23. The van der Waals surface area contributed by atoms with Crippen molar-refractivity contribution in [1.29, 1.82) is 0 Å². The van der Waals surface area contributed by atoms with Gasteiger partial charge in [-0.15, -0.1) is 0 Å². The average Bonchev–Trinajstić information content (AvgIpc) is 2.55. The number of piperazine rings is 1. The number of methoxy groups -OCH3 is 1. The molecule has 1 heterocycles. The van der Waals surface area contributed by atoms with Crippen molar-refractivity contribution in [2.24, 2.45) is 11.7 Å². The van der Waals surface area contributed by atoms with Gasteiger partial charge in [0.1, 0.15) is 0 Å². The lowest BCUT2D eigenvalue weighted by atomic mass is 9.74. The van der Waals surface area contributed by atoms with E-state index >= 15 is 0 Å². The highest BCUT2D eigenvalue weighted by atomic mass is 16.5. The normalized spacial score (nSPS) is 28.6. The number of hydrogen-bond donors (Lipinski definition) is 2. The number of nitrogens with two attached hydrogens (primary N) is 1. The van der Waals surface area contributed by atoms with Crippen LogP contribution in [0.1, 0.15) is 32.6 Å². The summed E-state index contributed by atoms with van der Waals surface area (Å²) in [7, 11) is 1.61. The molecule has 1 aliphatic heterocycles. The molecule has 7 nitrogen and oxygen atoms in total. The Labute approximate surface area is 144 Å². The first-order valence-electron chi connectivity index (χ1n) is 8.99. The first-order valence-corrected chi connectivity index (χ1v) is 8.99. The number of carbonyl (C=O) groups is 2. The summed E-state index contributed by atoms with van der Waals surface area (Å²) in [5.41, 5.74) is 5.98. The van der Waals surface area contributed by atoms with E-state index in [9.17, 15) is 9.59 Å². The fourth-order valence-electron chi connectivity index (χ4n) is 3.66. The fourth-order valence-corrected chi connectivity index (χ4v) is 3.66. The van der Waals surface area contributed by atoms with Crippen LogP contribution in [0.2, 0.25) is 0 Å². The topological polar surface area (TPSA) is 87.9 Å². The highest BCUT2D eigenvalue weighted by molar-refractivity contribution is 5.80. The summed E-state index contributed by atoms with van der Waals surface area (Å²) in [4.78, 5) is 28.7. The van der Waals surface area contributed by atoms with Crippen LogP contribution in [0.4, 0.5) is 0 Å². The molecule has 2 unspecified atom stereocenters. The zero-order valence-electron chi connectivity index (χ0n) is 15.1. The van der Waals surface area contributed by atoms with Crippen molar-refractivity contribution in [3.63, 3.8) is 0 Å². The Morgan fingerprint density at radius 2 is 1.96 bits per heavy atom. The van der Waals surface area contributed by atoms with Crippen molar-refractivity contribution in [3.8, 4) is 0 Å². The van der Waals surface area contributed by atoms with Gasteiger partial charge in [0.25, 0.3) is 0 Å². The molecule has 2 rings (SSSR count). The van der Waals surface area contributed by atoms with E-state index in [4.69, 9.17) is 10.5 Å². The fraction of sp³-hybridized carbons (Fsp3) is 0.882. The highest BCUT2D eigenvalue weighted by Gasteiger charge is 2.40. The van der Waals surface area contributed by atoms with Crippen molar-refractivity contribution in [3.05, 3.63) is 0 Å². The van der Waals surface area contributed by atoms with E-state index in [1.807, 2.05) is 11.8 Å². The van der Waals surface area contributed by atoms with Crippen molar-refractivity contribution < 1.29 is 14.3 Å². The maximum Gasteiger partial charge on any atom is 0.234 e. The molecular formula is C17H32N4O3. The first-order chi connectivity index (χ1) is 11.4. The van der Waals surface area contributed by atoms with Gasteiger partial charge < -0.3 is 20.7 Å². The number of nitrogens with one attached hydrogen (secondary N) is 1. The predicted molar refractivity (Wildman–Crippen MR) is 92.5 cm³/mol. The van der Waals surface area contributed by atoms with E-state index < -0.39 is 0 Å². The summed E-state index contributed by atoms with van der Waals surface area (Å²) >= 11 is 0. The number of amides is 2. The first kappa shape index (κ1) is 19.1. The molecule has 1 aliphatic carbocycles. The van der Waals surface area contributed by atoms with Gasteiger partial charge in [-0.25, -0.2) is 0 Å². The second-order valence-corrected chi connectivity index (χ2v) is 7.25. The molecule has 2 amide bonds. The zero-order valence-corrected chi connectivity index (χ0v) is 15.1. The van der Waals surface area contributed by atoms with Crippen LogP contribution in [-0.4, -0.2) is 80.1 Å². The van der Waals surface area contributed by atoms with E-state index in [1.54, 1.807) is 7.11 Å². The lowest BCUT2D eigenvalue weighted by Gasteiger charge is -2.42. The lowest BCUT2D eigenvalue weighted by molar-refractivity contribution is -0.140. The molecule has 2 aliphatic rings. The number of hydrogen-bond acceptors (Lipinski definition) is 5. The van der Waals surface area contributed by atoms with E-state index in [1.165, 1.54) is 0 Å². The molecule has 7 heteroatoms. The van der Waals surface area contributed by atoms with Gasteiger partial charge in [-0.3, -0.25) is 14.5 Å². The smallest absolute Gasteiger partial charge is 0.234 e. The van der Waals surface area contributed by atoms with Gasteiger partial charge in [-0.1, -0.05) is 12.8 Å². The molecule has 1 saturated heterocycles. The summed E-state index contributed by atoms with van der Waals surface area (Å²) in [6.07, 6.45) is 4.02. The van der Waals surface area contributed by atoms with Gasteiger partial charge in [0.05, 0.1) is 19.1 Å². The highest BCUT2D eigenvalue weighted by Crippen LogP contribution is 2.33. The third-order valence-electron chi connectivity index (χ3n) is 5.23. The minimum atomic E-state index is -0.381. The summed E-state index contributed by atoms with van der Waals surface area (Å²) in [5.74, 6) is 0.146. The van der Waals surface area contributed by atoms with Gasteiger partial charge in [-0.05, 0) is 19.8 Å². The Hall–Kier alpha value is -1.18. The van der Waals surface area contributed by atoms with Crippen LogP contribution in [0.3, 0.4) is 0 Å². The number of rotatable bonds is 6. The molecule has 1 saturated carbocycles. The standard InChI is InChI=1S/C17H32N4O3/c1-17(18)6-4-3-5-14(17)16(23)21-10-8-20(9-11-21)13-15(22)19-7-12-24-2/h14H,3-13,18H2,1-2H3,(H,19,22). The molecule has 0 aromatic carbocycles. The zero-order chi connectivity index (χ0) is 17.6. The van der Waals surface area contributed by atoms with Gasteiger partial charge in [0.2, 0.25) is 11.8 Å². The maximum atomic E-state index is 12.8. The largest absolute Gasteiger partial charge is 0.383 e. The minimum absolute atomic E-state index is 0.00800. The SMILES string of the molecule is COCCNC(=O)CN1CCN(C(=O)C2CCCCC2(C)N)CC1. The molecular weight excluding hydrogens is 308 g/mol. The summed E-state index contributed by atoms with van der Waals surface area (Å²) in [6.45, 7) is 6.26. The predicted octanol–water partition coefficient (Wildman–Crippen LogP) is -0.199. The van der Waals surface area contributed by atoms with Crippen LogP contribution in [0, 0.1) is 5.92 Å². The van der Waals surface area contributed by atoms with Crippen molar-refractivity contribution in [1.82, 2.24) is 15.1 Å². The van der Waals surface area contributed by atoms with E-state index in [-0.39, 0.29) is 23.3 Å². The van der Waals surface area contributed by atoms with Crippen molar-refractivity contribution in [2.75, 3.05) is 53.0 Å². The molecule has 0 aromatic heterocycles. The summed E-state index contributed by atoms with van der Waals surface area (Å²) < 4.78 is 4.91. The molecule has 138 valence electrons. The van der Waals surface area contributed by atoms with Crippen LogP contribution < -0.4 is 11.1 Å². The van der Waals surface area contributed by atoms with Crippen molar-refractivity contribution >= 4 is 11.8 Å². The third kappa shape index (κ3) is 5.16. The number of ether oxygens (including phenoxy) is 1. The Balaban J connectivity index is 1.75. The van der Waals surface area contributed by atoms with Crippen LogP contribution in [0.5, 0.6) is 0 Å².